The average molecular weight is 345 g/mol. The number of hydrogen-bond acceptors (Lipinski definition) is 5. The number of aromatic nitrogens is 2. The van der Waals surface area contributed by atoms with Crippen LogP contribution in [0.25, 0.3) is 11.0 Å². The molecule has 0 fully saturated rings. The Labute approximate surface area is 138 Å². The van der Waals surface area contributed by atoms with E-state index in [1.165, 1.54) is 12.1 Å². The van der Waals surface area contributed by atoms with Crippen LogP contribution in [0.2, 0.25) is 0 Å². The molecule has 0 atom stereocenters. The molecule has 4 rings (SSSR count). The van der Waals surface area contributed by atoms with Gasteiger partial charge in [-0.1, -0.05) is 6.07 Å². The molecule has 0 bridgehead atoms. The molecule has 124 valence electrons. The van der Waals surface area contributed by atoms with Crippen LogP contribution < -0.4 is 14.2 Å². The molecule has 8 heteroatoms. The van der Waals surface area contributed by atoms with Gasteiger partial charge in [-0.25, -0.2) is 18.1 Å². The number of aromatic amines is 1. The predicted octanol–water partition coefficient (Wildman–Crippen LogP) is 2.08. The van der Waals surface area contributed by atoms with Crippen molar-refractivity contribution in [2.45, 2.75) is 18.4 Å². The minimum absolute atomic E-state index is 0.107. The van der Waals surface area contributed by atoms with E-state index in [0.29, 0.717) is 11.5 Å². The first-order valence-corrected chi connectivity index (χ1v) is 8.84. The largest absolute Gasteiger partial charge is 0.454 e. The highest BCUT2D eigenvalue weighted by atomic mass is 32.2. The summed E-state index contributed by atoms with van der Waals surface area (Å²) in [7, 11) is -3.64. The molecule has 0 amide bonds. The molecule has 1 aliphatic rings. The molecule has 2 heterocycles. The number of fused-ring (bicyclic) bond motifs is 2. The number of hydrogen-bond donors (Lipinski definition) is 2. The van der Waals surface area contributed by atoms with Gasteiger partial charge in [0.25, 0.3) is 0 Å². The van der Waals surface area contributed by atoms with Crippen LogP contribution in [0.1, 0.15) is 11.4 Å². The minimum atomic E-state index is -3.64. The van der Waals surface area contributed by atoms with Crippen LogP contribution in [0.15, 0.2) is 41.3 Å². The van der Waals surface area contributed by atoms with Crippen LogP contribution in [0, 0.1) is 6.92 Å². The zero-order valence-corrected chi connectivity index (χ0v) is 13.7. The Morgan fingerprint density at radius 2 is 2.00 bits per heavy atom. The van der Waals surface area contributed by atoms with Crippen molar-refractivity contribution in [3.05, 3.63) is 47.8 Å². The Hall–Kier alpha value is -2.58. The highest BCUT2D eigenvalue weighted by molar-refractivity contribution is 7.89. The van der Waals surface area contributed by atoms with E-state index in [9.17, 15) is 8.42 Å². The Bertz CT molecular complexity index is 1030. The van der Waals surface area contributed by atoms with Crippen molar-refractivity contribution < 1.29 is 17.9 Å². The molecule has 1 aromatic heterocycles. The number of imidazole rings is 1. The molecule has 0 saturated heterocycles. The minimum Gasteiger partial charge on any atom is -0.454 e. The van der Waals surface area contributed by atoms with Crippen LogP contribution in [0.5, 0.6) is 11.5 Å². The zero-order chi connectivity index (χ0) is 16.7. The van der Waals surface area contributed by atoms with E-state index >= 15 is 0 Å². The van der Waals surface area contributed by atoms with Crippen LogP contribution >= 0.6 is 0 Å². The van der Waals surface area contributed by atoms with Gasteiger partial charge in [0.05, 0.1) is 15.9 Å². The molecule has 24 heavy (non-hydrogen) atoms. The number of ether oxygens (including phenoxy) is 2. The summed E-state index contributed by atoms with van der Waals surface area (Å²) in [6.07, 6.45) is 0. The summed E-state index contributed by atoms with van der Waals surface area (Å²) in [6.45, 7) is 2.17. The molecule has 0 aliphatic carbocycles. The summed E-state index contributed by atoms with van der Waals surface area (Å²) in [6, 6.07) is 10.2. The summed E-state index contributed by atoms with van der Waals surface area (Å²) in [5.41, 5.74) is 2.58. The van der Waals surface area contributed by atoms with Gasteiger partial charge in [-0.15, -0.1) is 0 Å². The Morgan fingerprint density at radius 1 is 1.17 bits per heavy atom. The van der Waals surface area contributed by atoms with Crippen molar-refractivity contribution in [1.82, 2.24) is 14.7 Å². The number of benzene rings is 2. The van der Waals surface area contributed by atoms with Gasteiger partial charge in [0.1, 0.15) is 5.82 Å². The Balaban J connectivity index is 1.54. The summed E-state index contributed by atoms with van der Waals surface area (Å²) >= 11 is 0. The predicted molar refractivity (Wildman–Crippen MR) is 87.4 cm³/mol. The summed E-state index contributed by atoms with van der Waals surface area (Å²) in [5.74, 6) is 1.81. The third-order valence-electron chi connectivity index (χ3n) is 3.79. The first-order chi connectivity index (χ1) is 11.5. The number of aryl methyl sites for hydroxylation is 1. The molecule has 0 radical (unpaired) electrons. The van der Waals surface area contributed by atoms with Gasteiger partial charge < -0.3 is 14.5 Å². The standard InChI is InChI=1S/C16H15N3O4S/c1-10-18-13-4-2-11(6-14(13)19-10)8-17-24(20,21)12-3-5-15-16(7-12)23-9-22-15/h2-7,17H,8-9H2,1H3,(H,18,19). The van der Waals surface area contributed by atoms with Crippen LogP contribution in [-0.4, -0.2) is 25.2 Å². The SMILES string of the molecule is Cc1nc2ccc(CNS(=O)(=O)c3ccc4c(c3)OCO4)cc2[nH]1. The van der Waals surface area contributed by atoms with E-state index in [4.69, 9.17) is 9.47 Å². The van der Waals surface area contributed by atoms with Crippen LogP contribution in [0.3, 0.4) is 0 Å². The Morgan fingerprint density at radius 3 is 2.88 bits per heavy atom. The van der Waals surface area contributed by atoms with Gasteiger partial charge in [0.2, 0.25) is 16.8 Å². The van der Waals surface area contributed by atoms with E-state index in [2.05, 4.69) is 14.7 Å². The van der Waals surface area contributed by atoms with Crippen LogP contribution in [-0.2, 0) is 16.6 Å². The van der Waals surface area contributed by atoms with Gasteiger partial charge in [-0.05, 0) is 36.8 Å². The van der Waals surface area contributed by atoms with Crippen molar-refractivity contribution in [2.24, 2.45) is 0 Å². The normalized spacial score (nSPS) is 13.5. The fraction of sp³-hybridized carbons (Fsp3) is 0.188. The van der Waals surface area contributed by atoms with Crippen molar-refractivity contribution in [2.75, 3.05) is 6.79 Å². The van der Waals surface area contributed by atoms with Gasteiger partial charge in [0.15, 0.2) is 11.5 Å². The molecule has 0 spiro atoms. The quantitative estimate of drug-likeness (QED) is 0.755. The van der Waals surface area contributed by atoms with Gasteiger partial charge in [-0.2, -0.15) is 0 Å². The molecule has 7 nitrogen and oxygen atoms in total. The van der Waals surface area contributed by atoms with Crippen molar-refractivity contribution in [3.8, 4) is 11.5 Å². The monoisotopic (exact) mass is 345 g/mol. The lowest BCUT2D eigenvalue weighted by molar-refractivity contribution is 0.174. The van der Waals surface area contributed by atoms with E-state index in [0.717, 1.165) is 22.4 Å². The maximum Gasteiger partial charge on any atom is 0.241 e. The summed E-state index contributed by atoms with van der Waals surface area (Å²) < 4.78 is 37.9. The number of nitrogens with one attached hydrogen (secondary N) is 2. The second-order valence-electron chi connectivity index (χ2n) is 5.51. The van der Waals surface area contributed by atoms with Crippen LogP contribution in [0.4, 0.5) is 0 Å². The maximum atomic E-state index is 12.4. The highest BCUT2D eigenvalue weighted by Gasteiger charge is 2.20. The lowest BCUT2D eigenvalue weighted by atomic mass is 10.2. The molecule has 2 aromatic carbocycles. The first kappa shape index (κ1) is 15.0. The van der Waals surface area contributed by atoms with Crippen molar-refractivity contribution in [1.29, 1.82) is 0 Å². The number of rotatable bonds is 4. The third-order valence-corrected chi connectivity index (χ3v) is 5.18. The third kappa shape index (κ3) is 2.70. The number of nitrogens with zero attached hydrogens (tertiary/aromatic N) is 1. The smallest absolute Gasteiger partial charge is 0.241 e. The fourth-order valence-electron chi connectivity index (χ4n) is 2.60. The highest BCUT2D eigenvalue weighted by Crippen LogP contribution is 2.33. The van der Waals surface area contributed by atoms with E-state index in [1.54, 1.807) is 6.07 Å². The topological polar surface area (TPSA) is 93.3 Å². The number of sulfonamides is 1. The summed E-state index contributed by atoms with van der Waals surface area (Å²) in [4.78, 5) is 7.60. The maximum absolute atomic E-state index is 12.4. The Kier molecular flexibility index (Phi) is 3.43. The van der Waals surface area contributed by atoms with Gasteiger partial charge in [0, 0.05) is 12.6 Å². The second-order valence-corrected chi connectivity index (χ2v) is 7.28. The molecule has 1 aliphatic heterocycles. The van der Waals surface area contributed by atoms with E-state index in [-0.39, 0.29) is 18.2 Å². The molecule has 0 unspecified atom stereocenters. The molecule has 3 aromatic rings. The fourth-order valence-corrected chi connectivity index (χ4v) is 3.63. The van der Waals surface area contributed by atoms with Gasteiger partial charge in [-0.3, -0.25) is 0 Å². The van der Waals surface area contributed by atoms with E-state index in [1.807, 2.05) is 25.1 Å². The lowest BCUT2D eigenvalue weighted by Gasteiger charge is -2.08. The number of H-pyrrole nitrogens is 1. The van der Waals surface area contributed by atoms with Crippen molar-refractivity contribution in [3.63, 3.8) is 0 Å². The summed E-state index contributed by atoms with van der Waals surface area (Å²) in [5, 5.41) is 0. The van der Waals surface area contributed by atoms with Crippen molar-refractivity contribution >= 4 is 21.1 Å². The van der Waals surface area contributed by atoms with Gasteiger partial charge >= 0.3 is 0 Å². The molecular formula is C16H15N3O4S. The average Bonchev–Trinajstić information content (AvgIpc) is 3.16. The molecule has 2 N–H and O–H groups in total. The zero-order valence-electron chi connectivity index (χ0n) is 12.9. The van der Waals surface area contributed by atoms with E-state index < -0.39 is 10.0 Å². The second kappa shape index (κ2) is 5.50. The lowest BCUT2D eigenvalue weighted by Crippen LogP contribution is -2.23. The molecular weight excluding hydrogens is 330 g/mol. The first-order valence-electron chi connectivity index (χ1n) is 7.36. The molecule has 0 saturated carbocycles.